The quantitative estimate of drug-likeness (QED) is 0.731. The third-order valence-electron chi connectivity index (χ3n) is 4.10. The molecule has 1 N–H and O–H groups in total. The molecule has 0 aromatic rings. The van der Waals surface area contributed by atoms with Crippen LogP contribution in [0.1, 0.15) is 39.5 Å². The predicted octanol–water partition coefficient (Wildman–Crippen LogP) is 2.02. The first-order chi connectivity index (χ1) is 9.04. The SMILES string of the molecule is COCCN(C)CCC1CCCC1(C#N)NC(C)C. The van der Waals surface area contributed by atoms with E-state index in [0.717, 1.165) is 32.5 Å². The number of likely N-dealkylation sites (N-methyl/N-ethyl adjacent to an activating group) is 1. The van der Waals surface area contributed by atoms with Gasteiger partial charge in [0.15, 0.2) is 0 Å². The number of rotatable bonds is 8. The Morgan fingerprint density at radius 3 is 2.79 bits per heavy atom. The van der Waals surface area contributed by atoms with Crippen molar-refractivity contribution < 1.29 is 4.74 Å². The standard InChI is InChI=1S/C15H29N3O/c1-13(2)17-15(12-16)8-5-6-14(15)7-9-18(3)10-11-19-4/h13-14,17H,5-11H2,1-4H3. The van der Waals surface area contributed by atoms with Crippen LogP contribution in [0.5, 0.6) is 0 Å². The van der Waals surface area contributed by atoms with Gasteiger partial charge < -0.3 is 9.64 Å². The molecule has 0 aromatic heterocycles. The third-order valence-corrected chi connectivity index (χ3v) is 4.10. The van der Waals surface area contributed by atoms with E-state index < -0.39 is 0 Å². The summed E-state index contributed by atoms with van der Waals surface area (Å²) >= 11 is 0. The highest BCUT2D eigenvalue weighted by Crippen LogP contribution is 2.38. The van der Waals surface area contributed by atoms with E-state index in [-0.39, 0.29) is 5.54 Å². The molecule has 0 bridgehead atoms. The van der Waals surface area contributed by atoms with Crippen LogP contribution in [-0.4, -0.2) is 50.3 Å². The van der Waals surface area contributed by atoms with Gasteiger partial charge in [0.25, 0.3) is 0 Å². The summed E-state index contributed by atoms with van der Waals surface area (Å²) in [5.74, 6) is 0.477. The topological polar surface area (TPSA) is 48.3 Å². The van der Waals surface area contributed by atoms with E-state index in [1.807, 2.05) is 0 Å². The number of hydrogen-bond acceptors (Lipinski definition) is 4. The Bertz CT molecular complexity index is 300. The van der Waals surface area contributed by atoms with Crippen LogP contribution in [0.15, 0.2) is 0 Å². The van der Waals surface area contributed by atoms with Gasteiger partial charge in [-0.05, 0) is 52.6 Å². The van der Waals surface area contributed by atoms with Crippen molar-refractivity contribution >= 4 is 0 Å². The fourth-order valence-corrected chi connectivity index (χ4v) is 3.09. The molecule has 2 atom stereocenters. The molecule has 1 saturated carbocycles. The molecule has 2 unspecified atom stereocenters. The molecule has 0 radical (unpaired) electrons. The smallest absolute Gasteiger partial charge is 0.109 e. The summed E-state index contributed by atoms with van der Waals surface area (Å²) in [6.07, 6.45) is 4.42. The van der Waals surface area contributed by atoms with Gasteiger partial charge in [0.05, 0.1) is 12.7 Å². The molecule has 1 rings (SSSR count). The average molecular weight is 267 g/mol. The molecule has 1 aliphatic carbocycles. The van der Waals surface area contributed by atoms with E-state index in [1.165, 1.54) is 12.8 Å². The van der Waals surface area contributed by atoms with Gasteiger partial charge in [0.1, 0.15) is 5.54 Å². The van der Waals surface area contributed by atoms with Crippen LogP contribution in [0.25, 0.3) is 0 Å². The Morgan fingerprint density at radius 2 is 2.21 bits per heavy atom. The Kier molecular flexibility index (Phi) is 6.78. The minimum Gasteiger partial charge on any atom is -0.383 e. The van der Waals surface area contributed by atoms with E-state index in [2.05, 4.69) is 37.2 Å². The van der Waals surface area contributed by atoms with Crippen molar-refractivity contribution in [1.82, 2.24) is 10.2 Å². The van der Waals surface area contributed by atoms with Crippen LogP contribution in [0.2, 0.25) is 0 Å². The molecule has 1 aliphatic rings. The lowest BCUT2D eigenvalue weighted by Crippen LogP contribution is -2.50. The predicted molar refractivity (Wildman–Crippen MR) is 77.9 cm³/mol. The normalized spacial score (nSPS) is 27.1. The highest BCUT2D eigenvalue weighted by atomic mass is 16.5. The molecular formula is C15H29N3O. The first-order valence-electron chi connectivity index (χ1n) is 7.40. The van der Waals surface area contributed by atoms with Crippen molar-refractivity contribution in [3.05, 3.63) is 0 Å². The fraction of sp³-hybridized carbons (Fsp3) is 0.933. The lowest BCUT2D eigenvalue weighted by Gasteiger charge is -2.33. The van der Waals surface area contributed by atoms with E-state index in [9.17, 15) is 5.26 Å². The Balaban J connectivity index is 2.49. The molecular weight excluding hydrogens is 238 g/mol. The van der Waals surface area contributed by atoms with Crippen molar-refractivity contribution in [1.29, 1.82) is 5.26 Å². The summed E-state index contributed by atoms with van der Waals surface area (Å²) in [7, 11) is 3.86. The van der Waals surface area contributed by atoms with Gasteiger partial charge in [-0.2, -0.15) is 5.26 Å². The number of nitriles is 1. The van der Waals surface area contributed by atoms with Gasteiger partial charge in [0, 0.05) is 19.7 Å². The summed E-state index contributed by atoms with van der Waals surface area (Å²) < 4.78 is 5.09. The molecule has 0 aromatic carbocycles. The zero-order valence-corrected chi connectivity index (χ0v) is 12.9. The third kappa shape index (κ3) is 4.76. The van der Waals surface area contributed by atoms with Crippen molar-refractivity contribution in [3.63, 3.8) is 0 Å². The Labute approximate surface area is 118 Å². The molecule has 0 saturated heterocycles. The molecule has 1 fully saturated rings. The maximum atomic E-state index is 9.60. The Morgan fingerprint density at radius 1 is 1.47 bits per heavy atom. The van der Waals surface area contributed by atoms with Crippen LogP contribution in [0.3, 0.4) is 0 Å². The minimum atomic E-state index is -0.295. The number of hydrogen-bond donors (Lipinski definition) is 1. The first-order valence-corrected chi connectivity index (χ1v) is 7.40. The zero-order chi connectivity index (χ0) is 14.3. The van der Waals surface area contributed by atoms with Gasteiger partial charge >= 0.3 is 0 Å². The lowest BCUT2D eigenvalue weighted by molar-refractivity contribution is 0.154. The van der Waals surface area contributed by atoms with E-state index in [1.54, 1.807) is 7.11 Å². The second-order valence-electron chi connectivity index (χ2n) is 6.06. The van der Waals surface area contributed by atoms with Crippen molar-refractivity contribution in [2.75, 3.05) is 33.9 Å². The van der Waals surface area contributed by atoms with Gasteiger partial charge in [-0.25, -0.2) is 0 Å². The number of ether oxygens (including phenoxy) is 1. The average Bonchev–Trinajstić information content (AvgIpc) is 2.76. The molecule has 0 spiro atoms. The summed E-state index contributed by atoms with van der Waals surface area (Å²) in [6, 6.07) is 2.94. The summed E-state index contributed by atoms with van der Waals surface area (Å²) in [4.78, 5) is 2.29. The Hall–Kier alpha value is -0.630. The number of nitrogens with zero attached hydrogens (tertiary/aromatic N) is 2. The second kappa shape index (κ2) is 7.84. The molecule has 4 nitrogen and oxygen atoms in total. The molecule has 0 heterocycles. The van der Waals surface area contributed by atoms with Gasteiger partial charge in [-0.1, -0.05) is 6.42 Å². The van der Waals surface area contributed by atoms with Crippen molar-refractivity contribution in [3.8, 4) is 6.07 Å². The highest BCUT2D eigenvalue weighted by Gasteiger charge is 2.43. The molecule has 19 heavy (non-hydrogen) atoms. The molecule has 0 aliphatic heterocycles. The number of methoxy groups -OCH3 is 1. The summed E-state index contributed by atoms with van der Waals surface area (Å²) in [5.41, 5.74) is -0.295. The van der Waals surface area contributed by atoms with Crippen LogP contribution < -0.4 is 5.32 Å². The highest BCUT2D eigenvalue weighted by molar-refractivity contribution is 5.14. The van der Waals surface area contributed by atoms with Crippen molar-refractivity contribution in [2.24, 2.45) is 5.92 Å². The van der Waals surface area contributed by atoms with Crippen LogP contribution >= 0.6 is 0 Å². The van der Waals surface area contributed by atoms with Crippen LogP contribution in [0.4, 0.5) is 0 Å². The summed E-state index contributed by atoms with van der Waals surface area (Å²) in [6.45, 7) is 7.02. The van der Waals surface area contributed by atoms with E-state index >= 15 is 0 Å². The van der Waals surface area contributed by atoms with E-state index in [0.29, 0.717) is 12.0 Å². The summed E-state index contributed by atoms with van der Waals surface area (Å²) in [5, 5.41) is 13.1. The minimum absolute atomic E-state index is 0.295. The maximum Gasteiger partial charge on any atom is 0.109 e. The van der Waals surface area contributed by atoms with Crippen LogP contribution in [-0.2, 0) is 4.74 Å². The number of nitrogens with one attached hydrogen (secondary N) is 1. The van der Waals surface area contributed by atoms with Gasteiger partial charge in [-0.3, -0.25) is 5.32 Å². The van der Waals surface area contributed by atoms with Gasteiger partial charge in [-0.15, -0.1) is 0 Å². The first kappa shape index (κ1) is 16.4. The second-order valence-corrected chi connectivity index (χ2v) is 6.06. The molecule has 4 heteroatoms. The lowest BCUT2D eigenvalue weighted by atomic mass is 9.85. The monoisotopic (exact) mass is 267 g/mol. The zero-order valence-electron chi connectivity index (χ0n) is 12.9. The molecule has 110 valence electrons. The van der Waals surface area contributed by atoms with E-state index in [4.69, 9.17) is 4.74 Å². The molecule has 0 amide bonds. The van der Waals surface area contributed by atoms with Crippen molar-refractivity contribution in [2.45, 2.75) is 51.1 Å². The largest absolute Gasteiger partial charge is 0.383 e. The van der Waals surface area contributed by atoms with Gasteiger partial charge in [0.2, 0.25) is 0 Å². The maximum absolute atomic E-state index is 9.60. The van der Waals surface area contributed by atoms with Crippen LogP contribution in [0, 0.1) is 17.2 Å². The fourth-order valence-electron chi connectivity index (χ4n) is 3.09.